The van der Waals surface area contributed by atoms with Gasteiger partial charge in [0, 0.05) is 16.8 Å². The Morgan fingerprint density at radius 1 is 1.27 bits per heavy atom. The zero-order chi connectivity index (χ0) is 10.5. The molecule has 2 aromatic heterocycles. The molecule has 2 nitrogen and oxygen atoms in total. The standard InChI is InChI=1S/C12H13NOS/c14-11(12-5-3-9-15-12)7-6-10-4-1-2-8-13-10/h1-5,8-9,11,14H,6-7H2. The summed E-state index contributed by atoms with van der Waals surface area (Å²) in [5.74, 6) is 0. The topological polar surface area (TPSA) is 33.1 Å². The molecule has 0 aliphatic heterocycles. The summed E-state index contributed by atoms with van der Waals surface area (Å²) in [4.78, 5) is 5.26. The number of pyridine rings is 1. The van der Waals surface area contributed by atoms with Crippen molar-refractivity contribution in [1.82, 2.24) is 4.98 Å². The molecule has 2 rings (SSSR count). The Bertz CT molecular complexity index is 385. The van der Waals surface area contributed by atoms with Crippen LogP contribution in [0.15, 0.2) is 41.9 Å². The number of hydrogen-bond donors (Lipinski definition) is 1. The number of hydrogen-bond acceptors (Lipinski definition) is 3. The van der Waals surface area contributed by atoms with Gasteiger partial charge in [-0.1, -0.05) is 12.1 Å². The van der Waals surface area contributed by atoms with Crippen LogP contribution in [0.3, 0.4) is 0 Å². The number of aryl methyl sites for hydroxylation is 1. The first-order valence-corrected chi connectivity index (χ1v) is 5.85. The van der Waals surface area contributed by atoms with Gasteiger partial charge in [0.05, 0.1) is 6.10 Å². The average Bonchev–Trinajstić information content (AvgIpc) is 2.81. The smallest absolute Gasteiger partial charge is 0.0885 e. The van der Waals surface area contributed by atoms with Crippen molar-refractivity contribution < 1.29 is 5.11 Å². The van der Waals surface area contributed by atoms with Crippen LogP contribution in [-0.4, -0.2) is 10.1 Å². The van der Waals surface area contributed by atoms with Crippen LogP contribution in [0.4, 0.5) is 0 Å². The maximum atomic E-state index is 9.85. The minimum absolute atomic E-state index is 0.355. The van der Waals surface area contributed by atoms with Crippen molar-refractivity contribution in [3.63, 3.8) is 0 Å². The van der Waals surface area contributed by atoms with E-state index in [0.29, 0.717) is 0 Å². The van der Waals surface area contributed by atoms with Crippen molar-refractivity contribution in [2.45, 2.75) is 18.9 Å². The Morgan fingerprint density at radius 2 is 2.20 bits per heavy atom. The number of aliphatic hydroxyl groups is 1. The lowest BCUT2D eigenvalue weighted by atomic mass is 10.1. The first kappa shape index (κ1) is 10.3. The second-order valence-corrected chi connectivity index (χ2v) is 4.37. The molecule has 1 N–H and O–H groups in total. The van der Waals surface area contributed by atoms with Crippen molar-refractivity contribution in [2.24, 2.45) is 0 Å². The molecule has 2 heterocycles. The van der Waals surface area contributed by atoms with Gasteiger partial charge in [-0.15, -0.1) is 11.3 Å². The fraction of sp³-hybridized carbons (Fsp3) is 0.250. The van der Waals surface area contributed by atoms with Crippen molar-refractivity contribution in [3.8, 4) is 0 Å². The van der Waals surface area contributed by atoms with Gasteiger partial charge in [-0.25, -0.2) is 0 Å². The normalized spacial score (nSPS) is 12.6. The highest BCUT2D eigenvalue weighted by Crippen LogP contribution is 2.22. The van der Waals surface area contributed by atoms with E-state index in [4.69, 9.17) is 0 Å². The molecule has 0 aliphatic rings. The van der Waals surface area contributed by atoms with Crippen LogP contribution in [0.2, 0.25) is 0 Å². The molecular weight excluding hydrogens is 206 g/mol. The van der Waals surface area contributed by atoms with Gasteiger partial charge in [-0.05, 0) is 36.4 Å². The Labute approximate surface area is 93.2 Å². The third kappa shape index (κ3) is 2.88. The van der Waals surface area contributed by atoms with Crippen LogP contribution >= 0.6 is 11.3 Å². The fourth-order valence-corrected chi connectivity index (χ4v) is 2.20. The summed E-state index contributed by atoms with van der Waals surface area (Å²) in [5.41, 5.74) is 1.04. The molecule has 0 saturated carbocycles. The van der Waals surface area contributed by atoms with Crippen LogP contribution in [0.25, 0.3) is 0 Å². The number of rotatable bonds is 4. The Morgan fingerprint density at radius 3 is 2.87 bits per heavy atom. The van der Waals surface area contributed by atoms with E-state index in [0.717, 1.165) is 23.4 Å². The van der Waals surface area contributed by atoms with Gasteiger partial charge in [-0.3, -0.25) is 4.98 Å². The van der Waals surface area contributed by atoms with E-state index >= 15 is 0 Å². The lowest BCUT2D eigenvalue weighted by Gasteiger charge is -2.07. The minimum Gasteiger partial charge on any atom is -0.388 e. The first-order valence-electron chi connectivity index (χ1n) is 4.97. The van der Waals surface area contributed by atoms with Gasteiger partial charge in [0.25, 0.3) is 0 Å². The largest absolute Gasteiger partial charge is 0.388 e. The molecule has 3 heteroatoms. The van der Waals surface area contributed by atoms with Crippen LogP contribution in [0, 0.1) is 0 Å². The van der Waals surface area contributed by atoms with Crippen LogP contribution in [-0.2, 0) is 6.42 Å². The maximum absolute atomic E-state index is 9.85. The second-order valence-electron chi connectivity index (χ2n) is 3.39. The molecule has 2 aromatic rings. The summed E-state index contributed by atoms with van der Waals surface area (Å²) in [5, 5.41) is 11.8. The van der Waals surface area contributed by atoms with Crippen LogP contribution in [0.1, 0.15) is 23.1 Å². The van der Waals surface area contributed by atoms with E-state index in [2.05, 4.69) is 4.98 Å². The average molecular weight is 219 g/mol. The Hall–Kier alpha value is -1.19. The SMILES string of the molecule is OC(CCc1ccccn1)c1cccs1. The molecule has 0 aliphatic carbocycles. The molecule has 0 amide bonds. The summed E-state index contributed by atoms with van der Waals surface area (Å²) in [6.07, 6.45) is 2.98. The Kier molecular flexibility index (Phi) is 3.48. The molecule has 0 aromatic carbocycles. The van der Waals surface area contributed by atoms with Crippen molar-refractivity contribution >= 4 is 11.3 Å². The lowest BCUT2D eigenvalue weighted by Crippen LogP contribution is -1.98. The third-order valence-electron chi connectivity index (χ3n) is 2.27. The van der Waals surface area contributed by atoms with Crippen molar-refractivity contribution in [2.75, 3.05) is 0 Å². The van der Waals surface area contributed by atoms with E-state index in [1.165, 1.54) is 0 Å². The van der Waals surface area contributed by atoms with E-state index in [-0.39, 0.29) is 6.10 Å². The summed E-state index contributed by atoms with van der Waals surface area (Å²) in [7, 11) is 0. The Balaban J connectivity index is 1.89. The predicted molar refractivity (Wildman–Crippen MR) is 61.8 cm³/mol. The first-order chi connectivity index (χ1) is 7.36. The van der Waals surface area contributed by atoms with Crippen LogP contribution in [0.5, 0.6) is 0 Å². The van der Waals surface area contributed by atoms with Crippen molar-refractivity contribution in [1.29, 1.82) is 0 Å². The van der Waals surface area contributed by atoms with Gasteiger partial charge in [0.15, 0.2) is 0 Å². The molecule has 15 heavy (non-hydrogen) atoms. The zero-order valence-electron chi connectivity index (χ0n) is 8.34. The molecule has 1 unspecified atom stereocenters. The number of aliphatic hydroxyl groups excluding tert-OH is 1. The highest BCUT2D eigenvalue weighted by Gasteiger charge is 2.08. The van der Waals surface area contributed by atoms with Gasteiger partial charge in [-0.2, -0.15) is 0 Å². The van der Waals surface area contributed by atoms with Gasteiger partial charge < -0.3 is 5.11 Å². The summed E-state index contributed by atoms with van der Waals surface area (Å²) in [6, 6.07) is 9.79. The number of thiophene rings is 1. The molecule has 0 saturated heterocycles. The zero-order valence-corrected chi connectivity index (χ0v) is 9.15. The van der Waals surface area contributed by atoms with Gasteiger partial charge >= 0.3 is 0 Å². The molecule has 0 fully saturated rings. The molecule has 1 atom stereocenters. The van der Waals surface area contributed by atoms with E-state index in [1.807, 2.05) is 35.7 Å². The quantitative estimate of drug-likeness (QED) is 0.857. The van der Waals surface area contributed by atoms with E-state index in [1.54, 1.807) is 17.5 Å². The van der Waals surface area contributed by atoms with Gasteiger partial charge in [0.1, 0.15) is 0 Å². The summed E-state index contributed by atoms with van der Waals surface area (Å²) < 4.78 is 0. The molecule has 0 radical (unpaired) electrons. The molecule has 0 spiro atoms. The molecule has 0 bridgehead atoms. The molecular formula is C12H13NOS. The monoisotopic (exact) mass is 219 g/mol. The summed E-state index contributed by atoms with van der Waals surface area (Å²) in [6.45, 7) is 0. The number of aromatic nitrogens is 1. The second kappa shape index (κ2) is 5.05. The summed E-state index contributed by atoms with van der Waals surface area (Å²) >= 11 is 1.60. The van der Waals surface area contributed by atoms with Gasteiger partial charge in [0.2, 0.25) is 0 Å². The third-order valence-corrected chi connectivity index (χ3v) is 3.25. The number of nitrogens with zero attached hydrogens (tertiary/aromatic N) is 1. The fourth-order valence-electron chi connectivity index (χ4n) is 1.45. The molecule has 78 valence electrons. The van der Waals surface area contributed by atoms with E-state index in [9.17, 15) is 5.11 Å². The predicted octanol–water partition coefficient (Wildman–Crippen LogP) is 2.81. The van der Waals surface area contributed by atoms with Crippen molar-refractivity contribution in [3.05, 3.63) is 52.5 Å². The highest BCUT2D eigenvalue weighted by molar-refractivity contribution is 7.10. The lowest BCUT2D eigenvalue weighted by molar-refractivity contribution is 0.171. The van der Waals surface area contributed by atoms with Crippen LogP contribution < -0.4 is 0 Å². The maximum Gasteiger partial charge on any atom is 0.0885 e. The van der Waals surface area contributed by atoms with E-state index < -0.39 is 0 Å². The minimum atomic E-state index is -0.355. The highest BCUT2D eigenvalue weighted by atomic mass is 32.1.